The van der Waals surface area contributed by atoms with E-state index in [1.54, 1.807) is 11.1 Å². The highest BCUT2D eigenvalue weighted by molar-refractivity contribution is 5.62. The highest BCUT2D eigenvalue weighted by Crippen LogP contribution is 2.69. The van der Waals surface area contributed by atoms with Crippen molar-refractivity contribution in [1.82, 2.24) is 0 Å². The van der Waals surface area contributed by atoms with Crippen LogP contribution in [0.4, 0.5) is 0 Å². The van der Waals surface area contributed by atoms with E-state index in [1.165, 1.54) is 49.7 Å². The van der Waals surface area contributed by atoms with E-state index in [-0.39, 0.29) is 0 Å². The fraction of sp³-hybridized carbons (Fsp3) is 0.643. The molecule has 150 valence electrons. The molecular weight excluding hydrogens is 336 g/mol. The van der Waals surface area contributed by atoms with Gasteiger partial charge in [0, 0.05) is 0 Å². The molecule has 4 fully saturated rings. The Morgan fingerprint density at radius 3 is 1.25 bits per heavy atom. The monoisotopic (exact) mass is 374 g/mol. The van der Waals surface area contributed by atoms with Gasteiger partial charge < -0.3 is 0 Å². The second-order valence-corrected chi connectivity index (χ2v) is 12.0. The number of allylic oxidation sites excluding steroid dienone is 2. The summed E-state index contributed by atoms with van der Waals surface area (Å²) in [5.74, 6) is 1.77. The van der Waals surface area contributed by atoms with Crippen molar-refractivity contribution in [3.8, 4) is 0 Å². The average molecular weight is 375 g/mol. The van der Waals surface area contributed by atoms with Gasteiger partial charge in [-0.1, -0.05) is 89.1 Å². The predicted octanol–water partition coefficient (Wildman–Crippen LogP) is 8.15. The maximum Gasteiger partial charge on any atom is -0.00590 e. The van der Waals surface area contributed by atoms with E-state index in [1.807, 2.05) is 0 Å². The third-order valence-electron chi connectivity index (χ3n) is 10.8. The van der Waals surface area contributed by atoms with Gasteiger partial charge in [0.15, 0.2) is 0 Å². The van der Waals surface area contributed by atoms with Gasteiger partial charge in [-0.25, -0.2) is 0 Å². The van der Waals surface area contributed by atoms with Gasteiger partial charge in [-0.15, -0.1) is 0 Å². The molecule has 0 heteroatoms. The van der Waals surface area contributed by atoms with Crippen LogP contribution in [0.1, 0.15) is 91.2 Å². The van der Waals surface area contributed by atoms with Crippen molar-refractivity contribution in [2.45, 2.75) is 80.1 Å². The van der Waals surface area contributed by atoms with Crippen LogP contribution in [0.5, 0.6) is 0 Å². The molecule has 4 aliphatic rings. The van der Waals surface area contributed by atoms with Crippen LogP contribution < -0.4 is 0 Å². The molecule has 5 rings (SSSR count). The quantitative estimate of drug-likeness (QED) is 0.490. The molecule has 0 N–H and O–H groups in total. The van der Waals surface area contributed by atoms with E-state index in [2.05, 4.69) is 78.0 Å². The summed E-state index contributed by atoms with van der Waals surface area (Å²) in [5.41, 5.74) is 7.91. The SMILES string of the molecule is CC12CCC(CC1=Cc1ccc(C=C3CC4CCC3(C)C4(C)C)cc1)C2(C)C. The predicted molar refractivity (Wildman–Crippen MR) is 121 cm³/mol. The molecule has 4 bridgehead atoms. The normalized spacial score (nSPS) is 42.8. The molecule has 1 aromatic rings. The van der Waals surface area contributed by atoms with Crippen molar-refractivity contribution in [2.75, 3.05) is 0 Å². The molecule has 0 spiro atoms. The van der Waals surface area contributed by atoms with Gasteiger partial charge >= 0.3 is 0 Å². The van der Waals surface area contributed by atoms with Crippen molar-refractivity contribution in [3.63, 3.8) is 0 Å². The first-order valence-corrected chi connectivity index (χ1v) is 11.6. The lowest BCUT2D eigenvalue weighted by Crippen LogP contribution is -2.28. The van der Waals surface area contributed by atoms with Crippen LogP contribution in [0.15, 0.2) is 35.4 Å². The van der Waals surface area contributed by atoms with Crippen LogP contribution in [-0.4, -0.2) is 0 Å². The summed E-state index contributed by atoms with van der Waals surface area (Å²) in [6.45, 7) is 15.0. The summed E-state index contributed by atoms with van der Waals surface area (Å²) in [7, 11) is 0. The van der Waals surface area contributed by atoms with Crippen LogP contribution in [0.25, 0.3) is 12.2 Å². The Bertz CT molecular complexity index is 789. The van der Waals surface area contributed by atoms with Crippen molar-refractivity contribution in [1.29, 1.82) is 0 Å². The minimum atomic E-state index is 0.404. The van der Waals surface area contributed by atoms with Crippen molar-refractivity contribution < 1.29 is 0 Å². The zero-order valence-electron chi connectivity index (χ0n) is 18.9. The zero-order valence-corrected chi connectivity index (χ0v) is 18.9. The van der Waals surface area contributed by atoms with Gasteiger partial charge in [-0.05, 0) is 83.1 Å². The fourth-order valence-electron chi connectivity index (χ4n) is 7.56. The first-order valence-electron chi connectivity index (χ1n) is 11.6. The zero-order chi connectivity index (χ0) is 19.9. The maximum absolute atomic E-state index is 2.52. The average Bonchev–Trinajstić information content (AvgIpc) is 3.15. The minimum absolute atomic E-state index is 0.404. The third kappa shape index (κ3) is 2.24. The number of hydrogen-bond donors (Lipinski definition) is 0. The molecule has 0 heterocycles. The van der Waals surface area contributed by atoms with Crippen LogP contribution in [0, 0.1) is 33.5 Å². The maximum atomic E-state index is 2.52. The van der Waals surface area contributed by atoms with Crippen molar-refractivity contribution >= 4 is 12.2 Å². The Morgan fingerprint density at radius 1 is 0.643 bits per heavy atom. The van der Waals surface area contributed by atoms with E-state index in [0.717, 1.165) is 11.8 Å². The second kappa shape index (κ2) is 5.65. The molecule has 0 aliphatic heterocycles. The molecule has 4 saturated carbocycles. The van der Waals surface area contributed by atoms with E-state index in [4.69, 9.17) is 0 Å². The van der Waals surface area contributed by atoms with Crippen molar-refractivity contribution in [2.24, 2.45) is 33.5 Å². The number of rotatable bonds is 2. The molecule has 4 unspecified atom stereocenters. The lowest BCUT2D eigenvalue weighted by atomic mass is 9.69. The molecule has 0 nitrogen and oxygen atoms in total. The largest absolute Gasteiger partial charge is 0.0629 e. The lowest BCUT2D eigenvalue weighted by molar-refractivity contribution is 0.180. The van der Waals surface area contributed by atoms with Crippen LogP contribution in [-0.2, 0) is 0 Å². The Kier molecular flexibility index (Phi) is 3.77. The van der Waals surface area contributed by atoms with Crippen LogP contribution in [0.3, 0.4) is 0 Å². The molecular formula is C28H38. The summed E-state index contributed by atoms with van der Waals surface area (Å²) >= 11 is 0. The van der Waals surface area contributed by atoms with Gasteiger partial charge in [0.2, 0.25) is 0 Å². The molecule has 0 radical (unpaired) electrons. The van der Waals surface area contributed by atoms with Crippen LogP contribution in [0.2, 0.25) is 0 Å². The molecule has 4 atom stereocenters. The highest BCUT2D eigenvalue weighted by Gasteiger charge is 2.59. The number of benzene rings is 1. The third-order valence-corrected chi connectivity index (χ3v) is 10.8. The smallest absolute Gasteiger partial charge is 0.00590 e. The standard InChI is InChI=1S/C28H38/c1-25(2)21-11-13-27(25,5)23(17-21)15-19-7-9-20(10-8-19)16-24-18-22-12-14-28(24,6)26(22,3)4/h7-10,15-16,21-22H,11-14,17-18H2,1-6H3. The minimum Gasteiger partial charge on any atom is -0.0629 e. The van der Waals surface area contributed by atoms with Gasteiger partial charge in [0.1, 0.15) is 0 Å². The Balaban J connectivity index is 1.40. The van der Waals surface area contributed by atoms with E-state index in [9.17, 15) is 0 Å². The number of fused-ring (bicyclic) bond motifs is 4. The van der Waals surface area contributed by atoms with E-state index in [0.29, 0.717) is 21.7 Å². The topological polar surface area (TPSA) is 0 Å². The lowest BCUT2D eigenvalue weighted by Gasteiger charge is -2.35. The summed E-state index contributed by atoms with van der Waals surface area (Å²) in [6, 6.07) is 9.40. The molecule has 0 aromatic heterocycles. The fourth-order valence-corrected chi connectivity index (χ4v) is 7.56. The summed E-state index contributed by atoms with van der Waals surface area (Å²) in [4.78, 5) is 0. The van der Waals surface area contributed by atoms with Crippen LogP contribution >= 0.6 is 0 Å². The molecule has 1 aromatic carbocycles. The van der Waals surface area contributed by atoms with Gasteiger partial charge in [-0.2, -0.15) is 0 Å². The highest BCUT2D eigenvalue weighted by atomic mass is 14.6. The Hall–Kier alpha value is -1.30. The Labute approximate surface area is 172 Å². The first kappa shape index (κ1) is 18.7. The first-order chi connectivity index (χ1) is 13.1. The number of hydrogen-bond acceptors (Lipinski definition) is 0. The summed E-state index contributed by atoms with van der Waals surface area (Å²) in [6.07, 6.45) is 13.2. The van der Waals surface area contributed by atoms with Crippen molar-refractivity contribution in [3.05, 3.63) is 46.5 Å². The molecule has 0 amide bonds. The van der Waals surface area contributed by atoms with Gasteiger partial charge in [0.05, 0.1) is 0 Å². The molecule has 28 heavy (non-hydrogen) atoms. The van der Waals surface area contributed by atoms with Gasteiger partial charge in [-0.3, -0.25) is 0 Å². The second-order valence-electron chi connectivity index (χ2n) is 12.0. The summed E-state index contributed by atoms with van der Waals surface area (Å²) in [5, 5.41) is 0. The Morgan fingerprint density at radius 2 is 1.00 bits per heavy atom. The van der Waals surface area contributed by atoms with E-state index >= 15 is 0 Å². The van der Waals surface area contributed by atoms with E-state index < -0.39 is 0 Å². The molecule has 0 saturated heterocycles. The van der Waals surface area contributed by atoms with Gasteiger partial charge in [0.25, 0.3) is 0 Å². The molecule has 4 aliphatic carbocycles. The summed E-state index contributed by atoms with van der Waals surface area (Å²) < 4.78 is 0.